The largest absolute Gasteiger partial charge is 0.309 e. The van der Waals surface area contributed by atoms with E-state index < -0.39 is 0 Å². The molecule has 9 rings (SSSR count). The monoisotopic (exact) mass is 795 g/mol. The Kier molecular flexibility index (Phi) is 13.8. The molecule has 0 fully saturated rings. The van der Waals surface area contributed by atoms with Gasteiger partial charge in [0.25, 0.3) is 0 Å². The van der Waals surface area contributed by atoms with Crippen molar-refractivity contribution in [3.8, 4) is 39.1 Å². The third-order valence-corrected chi connectivity index (χ3v) is 12.0. The van der Waals surface area contributed by atoms with Gasteiger partial charge in [0.1, 0.15) is 0 Å². The minimum Gasteiger partial charge on any atom is -0.309 e. The van der Waals surface area contributed by atoms with Gasteiger partial charge in [0, 0.05) is 16.5 Å². The molecule has 1 heterocycles. The molecule has 0 saturated carbocycles. The van der Waals surface area contributed by atoms with Crippen molar-refractivity contribution < 1.29 is 0 Å². The summed E-state index contributed by atoms with van der Waals surface area (Å²) in [5.74, 6) is 0.911. The Morgan fingerprint density at radius 2 is 0.984 bits per heavy atom. The van der Waals surface area contributed by atoms with Crippen molar-refractivity contribution in [2.24, 2.45) is 0 Å². The van der Waals surface area contributed by atoms with Crippen molar-refractivity contribution in [1.29, 1.82) is 0 Å². The van der Waals surface area contributed by atoms with Crippen molar-refractivity contribution in [2.45, 2.75) is 80.1 Å². The number of rotatable bonds is 8. The summed E-state index contributed by atoms with van der Waals surface area (Å²) in [7, 11) is 0. The first-order valence-electron chi connectivity index (χ1n) is 22.1. The lowest BCUT2D eigenvalue weighted by atomic mass is 9.81. The molecule has 9 aromatic rings. The Balaban J connectivity index is 0.000000339. The minimum absolute atomic E-state index is 0.437. The van der Waals surface area contributed by atoms with Gasteiger partial charge < -0.3 is 4.57 Å². The second kappa shape index (κ2) is 19.7. The third-order valence-electron chi connectivity index (χ3n) is 12.0. The number of fused-ring (bicyclic) bond motifs is 3. The molecular formula is C60H61N. The van der Waals surface area contributed by atoms with E-state index in [4.69, 9.17) is 0 Å². The Labute approximate surface area is 365 Å². The summed E-state index contributed by atoms with van der Waals surface area (Å²) in [6, 6.07) is 67.9. The van der Waals surface area contributed by atoms with Gasteiger partial charge in [0.05, 0.1) is 11.0 Å². The fourth-order valence-electron chi connectivity index (χ4n) is 8.78. The van der Waals surface area contributed by atoms with E-state index in [0.717, 1.165) is 0 Å². The molecule has 1 atom stereocenters. The molecule has 0 aliphatic carbocycles. The molecule has 0 aliphatic heterocycles. The number of nitrogens with zero attached hydrogens (tertiary/aromatic N) is 1. The third kappa shape index (κ3) is 9.64. The van der Waals surface area contributed by atoms with E-state index >= 15 is 0 Å². The lowest BCUT2D eigenvalue weighted by Crippen LogP contribution is -2.02. The molecule has 0 N–H and O–H groups in total. The molecular weight excluding hydrogens is 735 g/mol. The normalized spacial score (nSPS) is 11.5. The highest BCUT2D eigenvalue weighted by molar-refractivity contribution is 6.10. The van der Waals surface area contributed by atoms with Gasteiger partial charge in [-0.15, -0.1) is 0 Å². The standard InChI is InChI=1S/C46H45N.2C7H8/c1-7-15-31(4)38-24-22-34(28-42(38)40-26-25-37(30(2)3)46(33(40)6)39-19-12-11-16-32(39)5)35-23-27-45-43(29-35)41-20-13-14-21-44(41)47(45)36-17-9-8-10-18-36;2*1-7-5-3-2-4-6-7/h8-14,16-31H,7,15H2,1-6H3;2*2-6H,1H3. The fourth-order valence-corrected chi connectivity index (χ4v) is 8.78. The highest BCUT2D eigenvalue weighted by atomic mass is 15.0. The summed E-state index contributed by atoms with van der Waals surface area (Å²) < 4.78 is 2.39. The van der Waals surface area contributed by atoms with Crippen molar-refractivity contribution in [3.05, 3.63) is 221 Å². The average Bonchev–Trinajstić information content (AvgIpc) is 3.61. The van der Waals surface area contributed by atoms with E-state index in [1.165, 1.54) is 107 Å². The van der Waals surface area contributed by atoms with E-state index in [1.807, 2.05) is 36.4 Å². The Morgan fingerprint density at radius 1 is 0.443 bits per heavy atom. The topological polar surface area (TPSA) is 4.93 Å². The van der Waals surface area contributed by atoms with Crippen LogP contribution in [0.1, 0.15) is 85.8 Å². The predicted molar refractivity (Wildman–Crippen MR) is 266 cm³/mol. The van der Waals surface area contributed by atoms with Crippen LogP contribution in [0.2, 0.25) is 0 Å². The number of aryl methyl sites for hydroxylation is 3. The molecule has 0 radical (unpaired) electrons. The quantitative estimate of drug-likeness (QED) is 0.144. The Morgan fingerprint density at radius 3 is 1.59 bits per heavy atom. The molecule has 0 bridgehead atoms. The van der Waals surface area contributed by atoms with Gasteiger partial charge in [-0.3, -0.25) is 0 Å². The number of aromatic nitrogens is 1. The zero-order valence-electron chi connectivity index (χ0n) is 37.4. The van der Waals surface area contributed by atoms with Crippen LogP contribution in [-0.2, 0) is 0 Å². The first kappa shape index (κ1) is 42.7. The summed E-state index contributed by atoms with van der Waals surface area (Å²) in [6.45, 7) is 18.1. The van der Waals surface area contributed by atoms with Crippen LogP contribution >= 0.6 is 0 Å². The van der Waals surface area contributed by atoms with Crippen molar-refractivity contribution in [2.75, 3.05) is 0 Å². The molecule has 1 unspecified atom stereocenters. The first-order valence-corrected chi connectivity index (χ1v) is 22.1. The van der Waals surface area contributed by atoms with Crippen molar-refractivity contribution in [1.82, 2.24) is 4.57 Å². The van der Waals surface area contributed by atoms with Gasteiger partial charge in [-0.25, -0.2) is 0 Å². The summed E-state index contributed by atoms with van der Waals surface area (Å²) in [4.78, 5) is 0. The van der Waals surface area contributed by atoms with E-state index in [-0.39, 0.29) is 0 Å². The van der Waals surface area contributed by atoms with Crippen LogP contribution in [0.25, 0.3) is 60.9 Å². The van der Waals surface area contributed by atoms with Crippen molar-refractivity contribution >= 4 is 21.8 Å². The van der Waals surface area contributed by atoms with Crippen LogP contribution in [0.5, 0.6) is 0 Å². The summed E-state index contributed by atoms with van der Waals surface area (Å²) in [5.41, 5.74) is 19.8. The SMILES string of the molecule is CCCC(C)c1ccc(-c2ccc3c(c2)c2ccccc2n3-c2ccccc2)cc1-c1ccc(C(C)C)c(-c2ccccc2C)c1C.Cc1ccccc1.Cc1ccccc1. The van der Waals surface area contributed by atoms with Crippen LogP contribution in [0.3, 0.4) is 0 Å². The second-order valence-electron chi connectivity index (χ2n) is 16.9. The summed E-state index contributed by atoms with van der Waals surface area (Å²) in [6.07, 6.45) is 2.34. The lowest BCUT2D eigenvalue weighted by Gasteiger charge is -2.24. The highest BCUT2D eigenvalue weighted by Gasteiger charge is 2.21. The van der Waals surface area contributed by atoms with Crippen LogP contribution < -0.4 is 0 Å². The molecule has 306 valence electrons. The van der Waals surface area contributed by atoms with Gasteiger partial charge >= 0.3 is 0 Å². The zero-order chi connectivity index (χ0) is 42.9. The molecule has 1 nitrogen and oxygen atoms in total. The zero-order valence-corrected chi connectivity index (χ0v) is 37.4. The van der Waals surface area contributed by atoms with E-state index in [0.29, 0.717) is 11.8 Å². The molecule has 0 aliphatic rings. The molecule has 1 aromatic heterocycles. The molecule has 0 saturated heterocycles. The summed E-state index contributed by atoms with van der Waals surface area (Å²) in [5, 5.41) is 2.57. The van der Waals surface area contributed by atoms with E-state index in [9.17, 15) is 0 Å². The van der Waals surface area contributed by atoms with Crippen LogP contribution in [0.4, 0.5) is 0 Å². The molecule has 61 heavy (non-hydrogen) atoms. The Hall–Kier alpha value is -6.44. The lowest BCUT2D eigenvalue weighted by molar-refractivity contribution is 0.666. The smallest absolute Gasteiger partial charge is 0.0541 e. The number of hydrogen-bond donors (Lipinski definition) is 0. The van der Waals surface area contributed by atoms with Crippen LogP contribution in [0, 0.1) is 27.7 Å². The molecule has 1 heteroatoms. The maximum atomic E-state index is 2.47. The average molecular weight is 796 g/mol. The number of para-hydroxylation sites is 2. The van der Waals surface area contributed by atoms with Gasteiger partial charge in [-0.05, 0) is 138 Å². The maximum Gasteiger partial charge on any atom is 0.0541 e. The fraction of sp³-hybridized carbons (Fsp3) is 0.200. The van der Waals surface area contributed by atoms with Gasteiger partial charge in [-0.2, -0.15) is 0 Å². The number of hydrogen-bond acceptors (Lipinski definition) is 0. The predicted octanol–water partition coefficient (Wildman–Crippen LogP) is 17.4. The maximum absolute atomic E-state index is 2.47. The minimum atomic E-state index is 0.437. The molecule has 0 spiro atoms. The van der Waals surface area contributed by atoms with Crippen LogP contribution in [-0.4, -0.2) is 4.57 Å². The van der Waals surface area contributed by atoms with Gasteiger partial charge in [-0.1, -0.05) is 197 Å². The van der Waals surface area contributed by atoms with Crippen LogP contribution in [0.15, 0.2) is 188 Å². The highest BCUT2D eigenvalue weighted by Crippen LogP contribution is 2.43. The van der Waals surface area contributed by atoms with Crippen molar-refractivity contribution in [3.63, 3.8) is 0 Å². The number of benzene rings is 8. The Bertz CT molecular complexity index is 2790. The second-order valence-corrected chi connectivity index (χ2v) is 16.9. The van der Waals surface area contributed by atoms with Gasteiger partial charge in [0.2, 0.25) is 0 Å². The molecule has 0 amide bonds. The first-order chi connectivity index (χ1) is 29.7. The summed E-state index contributed by atoms with van der Waals surface area (Å²) >= 11 is 0. The van der Waals surface area contributed by atoms with E-state index in [1.54, 1.807) is 0 Å². The molecule has 8 aromatic carbocycles. The van der Waals surface area contributed by atoms with E-state index in [2.05, 4.69) is 212 Å². The van der Waals surface area contributed by atoms with Gasteiger partial charge in [0.15, 0.2) is 0 Å².